The summed E-state index contributed by atoms with van der Waals surface area (Å²) in [6, 6.07) is 15.7. The molecule has 1 amide bonds. The average Bonchev–Trinajstić information content (AvgIpc) is 2.70. The number of anilines is 2. The molecule has 3 rings (SSSR count). The zero-order chi connectivity index (χ0) is 20.1. The lowest BCUT2D eigenvalue weighted by Gasteiger charge is -2.34. The molecule has 1 aliphatic rings. The van der Waals surface area contributed by atoms with Gasteiger partial charge in [-0.2, -0.15) is 4.31 Å². The lowest BCUT2D eigenvalue weighted by molar-refractivity contribution is -0.116. The van der Waals surface area contributed by atoms with E-state index in [1.165, 1.54) is 19.2 Å². The smallest absolute Gasteiger partial charge is 0.243 e. The zero-order valence-electron chi connectivity index (χ0n) is 16.2. The fraction of sp³-hybridized carbons (Fsp3) is 0.350. The number of sulfonamides is 1. The van der Waals surface area contributed by atoms with Gasteiger partial charge in [-0.05, 0) is 43.4 Å². The van der Waals surface area contributed by atoms with Gasteiger partial charge in [0.2, 0.25) is 15.9 Å². The molecular weight excluding hydrogens is 376 g/mol. The van der Waals surface area contributed by atoms with Crippen molar-refractivity contribution in [1.82, 2.24) is 9.21 Å². The minimum absolute atomic E-state index is 0.168. The van der Waals surface area contributed by atoms with Gasteiger partial charge in [0.1, 0.15) is 0 Å². The quantitative estimate of drug-likeness (QED) is 0.796. The number of hydrogen-bond donors (Lipinski definition) is 1. The molecule has 7 nitrogen and oxygen atoms in total. The molecular formula is C20H26N4O3S. The van der Waals surface area contributed by atoms with E-state index in [1.54, 1.807) is 18.2 Å². The third kappa shape index (κ3) is 4.89. The van der Waals surface area contributed by atoms with E-state index >= 15 is 0 Å². The number of rotatable bonds is 6. The summed E-state index contributed by atoms with van der Waals surface area (Å²) < 4.78 is 26.1. The predicted octanol–water partition coefficient (Wildman–Crippen LogP) is 1.70. The van der Waals surface area contributed by atoms with E-state index in [9.17, 15) is 13.2 Å². The van der Waals surface area contributed by atoms with Gasteiger partial charge in [0.15, 0.2) is 0 Å². The number of carbonyl (C=O) groups is 1. The lowest BCUT2D eigenvalue weighted by atomic mass is 10.2. The second-order valence-electron chi connectivity index (χ2n) is 6.96. The van der Waals surface area contributed by atoms with Crippen LogP contribution < -0.4 is 10.2 Å². The average molecular weight is 403 g/mol. The molecule has 0 saturated carbocycles. The summed E-state index contributed by atoms with van der Waals surface area (Å²) in [7, 11) is -0.173. The monoisotopic (exact) mass is 402 g/mol. The van der Waals surface area contributed by atoms with Gasteiger partial charge < -0.3 is 15.1 Å². The fourth-order valence-corrected chi connectivity index (χ4v) is 4.23. The number of piperazine rings is 1. The summed E-state index contributed by atoms with van der Waals surface area (Å²) in [6.45, 7) is 3.76. The van der Waals surface area contributed by atoms with Crippen molar-refractivity contribution in [3.63, 3.8) is 0 Å². The maximum absolute atomic E-state index is 12.5. The highest BCUT2D eigenvalue weighted by molar-refractivity contribution is 7.89. The third-order valence-electron chi connectivity index (χ3n) is 4.84. The summed E-state index contributed by atoms with van der Waals surface area (Å²) in [5, 5.41) is 2.76. The van der Waals surface area contributed by atoms with E-state index in [-0.39, 0.29) is 17.3 Å². The second kappa shape index (κ2) is 8.72. The molecule has 1 fully saturated rings. The summed E-state index contributed by atoms with van der Waals surface area (Å²) in [6.07, 6.45) is 0. The van der Waals surface area contributed by atoms with Crippen molar-refractivity contribution in [2.75, 3.05) is 57.0 Å². The minimum Gasteiger partial charge on any atom is -0.369 e. The third-order valence-corrected chi connectivity index (χ3v) is 6.65. The highest BCUT2D eigenvalue weighted by Gasteiger charge is 2.22. The lowest BCUT2D eigenvalue weighted by Crippen LogP contribution is -2.44. The molecule has 8 heteroatoms. The molecule has 1 heterocycles. The van der Waals surface area contributed by atoms with Crippen LogP contribution in [0.5, 0.6) is 0 Å². The first-order valence-corrected chi connectivity index (χ1v) is 10.6. The van der Waals surface area contributed by atoms with Gasteiger partial charge in [-0.15, -0.1) is 0 Å². The topological polar surface area (TPSA) is 73.0 Å². The molecule has 0 radical (unpaired) electrons. The van der Waals surface area contributed by atoms with Gasteiger partial charge in [-0.25, -0.2) is 8.42 Å². The normalized spacial score (nSPS) is 15.6. The maximum atomic E-state index is 12.5. The number of hydrogen-bond acceptors (Lipinski definition) is 5. The van der Waals surface area contributed by atoms with Crippen molar-refractivity contribution in [2.24, 2.45) is 0 Å². The van der Waals surface area contributed by atoms with Crippen LogP contribution in [0.25, 0.3) is 0 Å². The van der Waals surface area contributed by atoms with E-state index in [4.69, 9.17) is 0 Å². The van der Waals surface area contributed by atoms with Crippen LogP contribution in [-0.4, -0.2) is 70.3 Å². The molecule has 2 aromatic rings. The Hall–Kier alpha value is -2.42. The number of carbonyl (C=O) groups excluding carboxylic acids is 1. The molecule has 0 aromatic heterocycles. The van der Waals surface area contributed by atoms with Crippen LogP contribution in [0, 0.1) is 0 Å². The van der Waals surface area contributed by atoms with E-state index in [0.717, 1.165) is 36.2 Å². The number of nitrogens with one attached hydrogen (secondary N) is 1. The predicted molar refractivity (Wildman–Crippen MR) is 111 cm³/mol. The molecule has 0 bridgehead atoms. The van der Waals surface area contributed by atoms with Crippen molar-refractivity contribution in [3.05, 3.63) is 54.6 Å². The zero-order valence-corrected chi connectivity index (χ0v) is 17.0. The molecule has 0 spiro atoms. The summed E-state index contributed by atoms with van der Waals surface area (Å²) in [5.74, 6) is -0.380. The maximum Gasteiger partial charge on any atom is 0.243 e. The Morgan fingerprint density at radius 3 is 2.21 bits per heavy atom. The Bertz CT molecular complexity index is 893. The standard InChI is InChI=1S/C20H26N4O3S/c1-22-12-14-24(15-13-22)18-10-8-17(9-11-18)21-20(25)16-23(2)28(26,27)19-6-4-3-5-7-19/h3-11H,12-16H2,1-2H3,(H,21,25). The summed E-state index contributed by atoms with van der Waals surface area (Å²) in [5.41, 5.74) is 1.77. The first-order valence-electron chi connectivity index (χ1n) is 9.21. The van der Waals surface area contributed by atoms with E-state index in [1.807, 2.05) is 24.3 Å². The summed E-state index contributed by atoms with van der Waals surface area (Å²) >= 11 is 0. The minimum atomic E-state index is -3.69. The second-order valence-corrected chi connectivity index (χ2v) is 9.00. The van der Waals surface area contributed by atoms with Crippen molar-refractivity contribution >= 4 is 27.3 Å². The molecule has 1 aliphatic heterocycles. The largest absolute Gasteiger partial charge is 0.369 e. The van der Waals surface area contributed by atoms with Gasteiger partial charge in [0.05, 0.1) is 11.4 Å². The number of likely N-dealkylation sites (N-methyl/N-ethyl adjacent to an activating group) is 2. The molecule has 150 valence electrons. The van der Waals surface area contributed by atoms with Gasteiger partial charge >= 0.3 is 0 Å². The Kier molecular flexibility index (Phi) is 6.33. The highest BCUT2D eigenvalue weighted by Crippen LogP contribution is 2.19. The van der Waals surface area contributed by atoms with Gasteiger partial charge in [-0.1, -0.05) is 18.2 Å². The SMILES string of the molecule is CN1CCN(c2ccc(NC(=O)CN(C)S(=O)(=O)c3ccccc3)cc2)CC1. The molecule has 1 saturated heterocycles. The molecule has 0 unspecified atom stereocenters. The van der Waals surface area contributed by atoms with Gasteiger partial charge in [-0.3, -0.25) is 4.79 Å². The van der Waals surface area contributed by atoms with Crippen LogP contribution in [0.2, 0.25) is 0 Å². The first kappa shape index (κ1) is 20.3. The Morgan fingerprint density at radius 2 is 1.61 bits per heavy atom. The summed E-state index contributed by atoms with van der Waals surface area (Å²) in [4.78, 5) is 17.1. The van der Waals surface area contributed by atoms with Crippen LogP contribution in [-0.2, 0) is 14.8 Å². The van der Waals surface area contributed by atoms with Crippen LogP contribution in [0.15, 0.2) is 59.5 Å². The first-order chi connectivity index (χ1) is 13.4. The number of benzene rings is 2. The van der Waals surface area contributed by atoms with Crippen molar-refractivity contribution in [3.8, 4) is 0 Å². The van der Waals surface area contributed by atoms with Crippen LogP contribution >= 0.6 is 0 Å². The molecule has 28 heavy (non-hydrogen) atoms. The van der Waals surface area contributed by atoms with Crippen LogP contribution in [0.4, 0.5) is 11.4 Å². The molecule has 0 aliphatic carbocycles. The Morgan fingerprint density at radius 1 is 1.00 bits per heavy atom. The molecule has 1 N–H and O–H groups in total. The van der Waals surface area contributed by atoms with Gasteiger partial charge in [0.25, 0.3) is 0 Å². The Balaban J connectivity index is 1.57. The highest BCUT2D eigenvalue weighted by atomic mass is 32.2. The van der Waals surface area contributed by atoms with Crippen molar-refractivity contribution in [2.45, 2.75) is 4.90 Å². The number of nitrogens with zero attached hydrogens (tertiary/aromatic N) is 3. The van der Waals surface area contributed by atoms with Crippen LogP contribution in [0.1, 0.15) is 0 Å². The van der Waals surface area contributed by atoms with Crippen molar-refractivity contribution in [1.29, 1.82) is 0 Å². The Labute approximate surface area is 166 Å². The molecule has 2 aromatic carbocycles. The fourth-order valence-electron chi connectivity index (χ4n) is 3.08. The van der Waals surface area contributed by atoms with E-state index < -0.39 is 10.0 Å². The van der Waals surface area contributed by atoms with Crippen LogP contribution in [0.3, 0.4) is 0 Å². The van der Waals surface area contributed by atoms with Crippen molar-refractivity contribution < 1.29 is 13.2 Å². The number of amides is 1. The van der Waals surface area contributed by atoms with E-state index in [0.29, 0.717) is 5.69 Å². The van der Waals surface area contributed by atoms with Gasteiger partial charge in [0, 0.05) is 44.6 Å². The van der Waals surface area contributed by atoms with E-state index in [2.05, 4.69) is 22.2 Å². The molecule has 0 atom stereocenters.